The van der Waals surface area contributed by atoms with Crippen LogP contribution in [0.15, 0.2) is 41.4 Å². The van der Waals surface area contributed by atoms with Crippen molar-refractivity contribution >= 4 is 32.2 Å². The SMILES string of the molecule is Cc1nc(CN(C)c2cc(S(C)(=O)=O)cc3cccnc23)cc(N2CCN(C)CC2)n1. The fourth-order valence-electron chi connectivity index (χ4n) is 3.87. The van der Waals surface area contributed by atoms with E-state index >= 15 is 0 Å². The second-order valence-corrected chi connectivity index (χ2v) is 10.2. The number of likely N-dealkylation sites (N-methyl/N-ethyl adjacent to an activating group) is 1. The predicted octanol–water partition coefficient (Wildman–Crippen LogP) is 2.12. The fraction of sp³-hybridized carbons (Fsp3) is 0.409. The molecule has 8 nitrogen and oxygen atoms in total. The number of sulfone groups is 1. The normalized spacial score (nSPS) is 15.4. The maximum absolute atomic E-state index is 12.2. The highest BCUT2D eigenvalue weighted by Gasteiger charge is 2.19. The summed E-state index contributed by atoms with van der Waals surface area (Å²) in [4.78, 5) is 20.7. The Kier molecular flexibility index (Phi) is 5.81. The molecule has 1 aliphatic rings. The topological polar surface area (TPSA) is 82.5 Å². The van der Waals surface area contributed by atoms with Crippen LogP contribution < -0.4 is 9.80 Å². The molecule has 0 saturated carbocycles. The number of anilines is 2. The maximum Gasteiger partial charge on any atom is 0.175 e. The molecule has 3 heterocycles. The summed E-state index contributed by atoms with van der Waals surface area (Å²) in [5, 5.41) is 0.796. The Morgan fingerprint density at radius 2 is 1.84 bits per heavy atom. The van der Waals surface area contributed by atoms with Gasteiger partial charge in [-0.15, -0.1) is 0 Å². The van der Waals surface area contributed by atoms with Crippen molar-refractivity contribution in [3.05, 3.63) is 48.0 Å². The molecule has 1 aliphatic heterocycles. The van der Waals surface area contributed by atoms with Gasteiger partial charge in [-0.2, -0.15) is 0 Å². The van der Waals surface area contributed by atoms with E-state index in [1.165, 1.54) is 6.26 Å². The van der Waals surface area contributed by atoms with Crippen molar-refractivity contribution in [3.8, 4) is 0 Å². The first-order valence-corrected chi connectivity index (χ1v) is 12.2. The zero-order valence-electron chi connectivity index (χ0n) is 18.4. The smallest absolute Gasteiger partial charge is 0.175 e. The standard InChI is InChI=1S/C22H28N6O2S/c1-16-24-18(13-21(25-16)28-10-8-26(2)9-11-28)15-27(3)20-14-19(31(4,29)30)12-17-6-5-7-23-22(17)20/h5-7,12-14H,8-11,15H2,1-4H3. The molecule has 0 atom stereocenters. The van der Waals surface area contributed by atoms with E-state index in [4.69, 9.17) is 0 Å². The Labute approximate surface area is 183 Å². The molecule has 0 spiro atoms. The second-order valence-electron chi connectivity index (χ2n) is 8.20. The van der Waals surface area contributed by atoms with Gasteiger partial charge in [0.05, 0.1) is 28.3 Å². The lowest BCUT2D eigenvalue weighted by Crippen LogP contribution is -2.45. The third-order valence-electron chi connectivity index (χ3n) is 5.60. The van der Waals surface area contributed by atoms with Gasteiger partial charge in [-0.3, -0.25) is 4.98 Å². The number of aromatic nitrogens is 3. The first-order valence-electron chi connectivity index (χ1n) is 10.3. The van der Waals surface area contributed by atoms with Gasteiger partial charge in [0.1, 0.15) is 11.6 Å². The van der Waals surface area contributed by atoms with Crippen LogP contribution in [0.4, 0.5) is 11.5 Å². The lowest BCUT2D eigenvalue weighted by atomic mass is 10.1. The van der Waals surface area contributed by atoms with E-state index in [1.54, 1.807) is 18.3 Å². The molecular weight excluding hydrogens is 412 g/mol. The molecule has 0 N–H and O–H groups in total. The van der Waals surface area contributed by atoms with Crippen molar-refractivity contribution in [2.75, 3.05) is 56.3 Å². The first kappa shape index (κ1) is 21.5. The van der Waals surface area contributed by atoms with Crippen LogP contribution in [0.1, 0.15) is 11.5 Å². The van der Waals surface area contributed by atoms with Crippen molar-refractivity contribution in [1.82, 2.24) is 19.9 Å². The van der Waals surface area contributed by atoms with E-state index in [-0.39, 0.29) is 4.90 Å². The summed E-state index contributed by atoms with van der Waals surface area (Å²) in [5.74, 6) is 1.67. The van der Waals surface area contributed by atoms with Crippen LogP contribution in [0.3, 0.4) is 0 Å². The zero-order chi connectivity index (χ0) is 22.2. The van der Waals surface area contributed by atoms with Gasteiger partial charge in [0.25, 0.3) is 0 Å². The molecule has 1 fully saturated rings. The Hall–Kier alpha value is -2.78. The summed E-state index contributed by atoms with van der Waals surface area (Å²) < 4.78 is 24.5. The minimum atomic E-state index is -3.35. The summed E-state index contributed by atoms with van der Waals surface area (Å²) in [6.07, 6.45) is 2.95. The fourth-order valence-corrected chi connectivity index (χ4v) is 4.54. The third kappa shape index (κ3) is 4.77. The molecule has 0 bridgehead atoms. The van der Waals surface area contributed by atoms with Gasteiger partial charge in [0.15, 0.2) is 9.84 Å². The van der Waals surface area contributed by atoms with Crippen LogP contribution in [-0.4, -0.2) is 74.8 Å². The molecule has 4 rings (SSSR count). The van der Waals surface area contributed by atoms with Gasteiger partial charge in [-0.1, -0.05) is 6.07 Å². The number of rotatable bonds is 5. The van der Waals surface area contributed by atoms with Gasteiger partial charge in [0.2, 0.25) is 0 Å². The van der Waals surface area contributed by atoms with E-state index in [0.717, 1.165) is 60.1 Å². The summed E-state index contributed by atoms with van der Waals surface area (Å²) in [7, 11) is 0.718. The molecule has 3 aromatic rings. The molecule has 31 heavy (non-hydrogen) atoms. The highest BCUT2D eigenvalue weighted by atomic mass is 32.2. The average Bonchev–Trinajstić information content (AvgIpc) is 2.72. The summed E-state index contributed by atoms with van der Waals surface area (Å²) in [6.45, 7) is 6.32. The number of benzene rings is 1. The summed E-state index contributed by atoms with van der Waals surface area (Å²) >= 11 is 0. The minimum Gasteiger partial charge on any atom is -0.367 e. The van der Waals surface area contributed by atoms with Crippen LogP contribution in [-0.2, 0) is 16.4 Å². The van der Waals surface area contributed by atoms with E-state index in [0.29, 0.717) is 6.54 Å². The lowest BCUT2D eigenvalue weighted by molar-refractivity contribution is 0.312. The zero-order valence-corrected chi connectivity index (χ0v) is 19.2. The largest absolute Gasteiger partial charge is 0.367 e. The molecule has 1 aromatic carbocycles. The van der Waals surface area contributed by atoms with Crippen molar-refractivity contribution < 1.29 is 8.42 Å². The van der Waals surface area contributed by atoms with Crippen molar-refractivity contribution in [2.24, 2.45) is 0 Å². The highest BCUT2D eigenvalue weighted by molar-refractivity contribution is 7.90. The van der Waals surface area contributed by atoms with Gasteiger partial charge < -0.3 is 14.7 Å². The Morgan fingerprint density at radius 1 is 1.10 bits per heavy atom. The van der Waals surface area contributed by atoms with Gasteiger partial charge in [0, 0.05) is 57.1 Å². The van der Waals surface area contributed by atoms with Crippen molar-refractivity contribution in [2.45, 2.75) is 18.4 Å². The van der Waals surface area contributed by atoms with E-state index < -0.39 is 9.84 Å². The van der Waals surface area contributed by atoms with Crippen LogP contribution in [0, 0.1) is 6.92 Å². The summed E-state index contributed by atoms with van der Waals surface area (Å²) in [6, 6.07) is 9.10. The monoisotopic (exact) mass is 440 g/mol. The molecule has 0 amide bonds. The van der Waals surface area contributed by atoms with Crippen molar-refractivity contribution in [1.29, 1.82) is 0 Å². The van der Waals surface area contributed by atoms with Crippen LogP contribution in [0.5, 0.6) is 0 Å². The number of hydrogen-bond donors (Lipinski definition) is 0. The maximum atomic E-state index is 12.2. The first-order chi connectivity index (χ1) is 14.7. The van der Waals surface area contributed by atoms with Crippen LogP contribution >= 0.6 is 0 Å². The van der Waals surface area contributed by atoms with Crippen molar-refractivity contribution in [3.63, 3.8) is 0 Å². The molecule has 0 radical (unpaired) electrons. The minimum absolute atomic E-state index is 0.284. The van der Waals surface area contributed by atoms with Gasteiger partial charge in [-0.05, 0) is 32.2 Å². The summed E-state index contributed by atoms with van der Waals surface area (Å²) in [5.41, 5.74) is 2.41. The third-order valence-corrected chi connectivity index (χ3v) is 6.69. The number of fused-ring (bicyclic) bond motifs is 1. The van der Waals surface area contributed by atoms with Gasteiger partial charge >= 0.3 is 0 Å². The van der Waals surface area contributed by atoms with E-state index in [2.05, 4.69) is 31.8 Å². The number of hydrogen-bond acceptors (Lipinski definition) is 8. The number of piperazine rings is 1. The molecule has 164 valence electrons. The average molecular weight is 441 g/mol. The second kappa shape index (κ2) is 8.39. The highest BCUT2D eigenvalue weighted by Crippen LogP contribution is 2.29. The van der Waals surface area contributed by atoms with E-state index in [1.807, 2.05) is 37.1 Å². The Balaban J connectivity index is 1.67. The molecule has 2 aromatic heterocycles. The molecule has 1 saturated heterocycles. The predicted molar refractivity (Wildman–Crippen MR) is 123 cm³/mol. The molecule has 9 heteroatoms. The van der Waals surface area contributed by atoms with E-state index in [9.17, 15) is 8.42 Å². The quantitative estimate of drug-likeness (QED) is 0.597. The Bertz CT molecular complexity index is 1210. The molecular formula is C22H28N6O2S. The number of nitrogens with zero attached hydrogens (tertiary/aromatic N) is 6. The van der Waals surface area contributed by atoms with Crippen LogP contribution in [0.2, 0.25) is 0 Å². The lowest BCUT2D eigenvalue weighted by Gasteiger charge is -2.33. The van der Waals surface area contributed by atoms with Crippen LogP contribution in [0.25, 0.3) is 10.9 Å². The number of aryl methyl sites for hydroxylation is 1. The molecule has 0 unspecified atom stereocenters. The number of pyridine rings is 1. The molecule has 0 aliphatic carbocycles. The Morgan fingerprint density at radius 3 is 2.55 bits per heavy atom. The van der Waals surface area contributed by atoms with Gasteiger partial charge in [-0.25, -0.2) is 18.4 Å².